The molecule has 0 radical (unpaired) electrons. The van der Waals surface area contributed by atoms with Gasteiger partial charge in [0.25, 0.3) is 0 Å². The van der Waals surface area contributed by atoms with Crippen LogP contribution in [0.2, 0.25) is 0 Å². The maximum absolute atomic E-state index is 12.9. The van der Waals surface area contributed by atoms with E-state index >= 15 is 0 Å². The molecule has 0 unspecified atom stereocenters. The van der Waals surface area contributed by atoms with Gasteiger partial charge in [0.1, 0.15) is 5.54 Å². The van der Waals surface area contributed by atoms with E-state index in [4.69, 9.17) is 0 Å². The Kier molecular flexibility index (Phi) is 3.94. The molecule has 6 nitrogen and oxygen atoms in total. The summed E-state index contributed by atoms with van der Waals surface area (Å²) < 4.78 is 1.82. The van der Waals surface area contributed by atoms with E-state index in [2.05, 4.69) is 10.4 Å². The molecule has 0 aromatic carbocycles. The van der Waals surface area contributed by atoms with Crippen LogP contribution in [0.5, 0.6) is 0 Å². The van der Waals surface area contributed by atoms with Crippen molar-refractivity contribution in [2.24, 2.45) is 0 Å². The molecule has 1 aromatic rings. The van der Waals surface area contributed by atoms with Crippen molar-refractivity contribution >= 4 is 11.8 Å². The fourth-order valence-corrected chi connectivity index (χ4v) is 3.39. The lowest BCUT2D eigenvalue weighted by atomic mass is 9.80. The highest BCUT2D eigenvalue weighted by molar-refractivity contribution is 5.93. The third kappa shape index (κ3) is 2.94. The van der Waals surface area contributed by atoms with E-state index in [-0.39, 0.29) is 11.8 Å². The fraction of sp³-hybridized carbons (Fsp3) is 0.667. The zero-order valence-corrected chi connectivity index (χ0v) is 12.3. The number of carbonyl (C=O) groups excluding carboxylic acids is 2. The van der Waals surface area contributed by atoms with Gasteiger partial charge in [0.15, 0.2) is 0 Å². The van der Waals surface area contributed by atoms with E-state index in [0.29, 0.717) is 26.1 Å². The molecule has 1 saturated heterocycles. The van der Waals surface area contributed by atoms with E-state index in [1.165, 1.54) is 0 Å². The first kappa shape index (κ1) is 14.1. The molecular formula is C15H22N4O2. The van der Waals surface area contributed by atoms with Gasteiger partial charge in [-0.15, -0.1) is 0 Å². The Morgan fingerprint density at radius 2 is 2.00 bits per heavy atom. The molecule has 3 rings (SSSR count). The molecule has 21 heavy (non-hydrogen) atoms. The molecule has 1 aliphatic heterocycles. The number of hydrogen-bond acceptors (Lipinski definition) is 3. The number of aromatic nitrogens is 2. The molecule has 1 saturated carbocycles. The largest absolute Gasteiger partial charge is 0.342 e. The quantitative estimate of drug-likeness (QED) is 0.900. The summed E-state index contributed by atoms with van der Waals surface area (Å²) in [5.74, 6) is 0.104. The number of nitrogens with zero attached hydrogens (tertiary/aromatic N) is 3. The summed E-state index contributed by atoms with van der Waals surface area (Å²) in [6, 6.07) is 1.87. The van der Waals surface area contributed by atoms with E-state index in [0.717, 1.165) is 32.1 Å². The molecule has 0 bridgehead atoms. The van der Waals surface area contributed by atoms with Gasteiger partial charge in [0.05, 0.1) is 6.54 Å². The van der Waals surface area contributed by atoms with Crippen LogP contribution in [0.4, 0.5) is 0 Å². The van der Waals surface area contributed by atoms with Crippen LogP contribution in [0.3, 0.4) is 0 Å². The molecule has 1 aliphatic carbocycles. The van der Waals surface area contributed by atoms with Crippen molar-refractivity contribution in [2.45, 2.75) is 50.6 Å². The van der Waals surface area contributed by atoms with Crippen molar-refractivity contribution in [2.75, 3.05) is 13.1 Å². The Balaban J connectivity index is 1.73. The van der Waals surface area contributed by atoms with E-state index < -0.39 is 5.54 Å². The first-order valence-electron chi connectivity index (χ1n) is 7.77. The lowest BCUT2D eigenvalue weighted by molar-refractivity contribution is -0.140. The molecule has 1 spiro atoms. The van der Waals surface area contributed by atoms with Gasteiger partial charge in [0.2, 0.25) is 11.8 Å². The average molecular weight is 290 g/mol. The van der Waals surface area contributed by atoms with E-state index in [9.17, 15) is 9.59 Å². The Morgan fingerprint density at radius 1 is 1.19 bits per heavy atom. The smallest absolute Gasteiger partial charge is 0.248 e. The molecule has 2 fully saturated rings. The van der Waals surface area contributed by atoms with Crippen molar-refractivity contribution in [1.29, 1.82) is 0 Å². The number of carbonyl (C=O) groups is 2. The standard InChI is InChI=1S/C15H22N4O2/c20-13-5-10-18(11-12-19-9-4-8-16-19)14(21)15(17-13)6-2-1-3-7-15/h4,8-9H,1-3,5-7,10-12H2,(H,17,20). The van der Waals surface area contributed by atoms with Crippen LogP contribution in [-0.4, -0.2) is 45.1 Å². The SMILES string of the molecule is O=C1CCN(CCn2cccn2)C(=O)C2(CCCCC2)N1. The van der Waals surface area contributed by atoms with Gasteiger partial charge in [0, 0.05) is 31.9 Å². The second kappa shape index (κ2) is 5.87. The summed E-state index contributed by atoms with van der Waals surface area (Å²) in [5, 5.41) is 7.18. The minimum atomic E-state index is -0.643. The number of nitrogens with one attached hydrogen (secondary N) is 1. The Hall–Kier alpha value is -1.85. The molecule has 2 aliphatic rings. The lowest BCUT2D eigenvalue weighted by Crippen LogP contribution is -2.58. The monoisotopic (exact) mass is 290 g/mol. The van der Waals surface area contributed by atoms with Crippen LogP contribution in [0.15, 0.2) is 18.5 Å². The first-order valence-corrected chi connectivity index (χ1v) is 7.77. The second-order valence-electron chi connectivity index (χ2n) is 6.00. The van der Waals surface area contributed by atoms with E-state index in [1.54, 1.807) is 6.20 Å². The van der Waals surface area contributed by atoms with Gasteiger partial charge < -0.3 is 10.2 Å². The van der Waals surface area contributed by atoms with Crippen molar-refractivity contribution in [3.63, 3.8) is 0 Å². The molecule has 1 N–H and O–H groups in total. The predicted molar refractivity (Wildman–Crippen MR) is 77.4 cm³/mol. The topological polar surface area (TPSA) is 67.2 Å². The third-order valence-corrected chi connectivity index (χ3v) is 4.55. The third-order valence-electron chi connectivity index (χ3n) is 4.55. The highest BCUT2D eigenvalue weighted by atomic mass is 16.2. The minimum absolute atomic E-state index is 0.00633. The molecule has 0 atom stereocenters. The Bertz CT molecular complexity index is 506. The van der Waals surface area contributed by atoms with Gasteiger partial charge >= 0.3 is 0 Å². The Morgan fingerprint density at radius 3 is 2.71 bits per heavy atom. The summed E-state index contributed by atoms with van der Waals surface area (Å²) in [7, 11) is 0. The zero-order chi connectivity index (χ0) is 14.7. The van der Waals surface area contributed by atoms with Gasteiger partial charge in [-0.25, -0.2) is 0 Å². The van der Waals surface area contributed by atoms with Crippen LogP contribution < -0.4 is 5.32 Å². The molecule has 2 heterocycles. The normalized spacial score (nSPS) is 22.2. The van der Waals surface area contributed by atoms with Crippen LogP contribution >= 0.6 is 0 Å². The lowest BCUT2D eigenvalue weighted by Gasteiger charge is -2.38. The van der Waals surface area contributed by atoms with Crippen LogP contribution in [0.1, 0.15) is 38.5 Å². The Labute approximate surface area is 124 Å². The zero-order valence-electron chi connectivity index (χ0n) is 12.3. The first-order chi connectivity index (χ1) is 10.2. The second-order valence-corrected chi connectivity index (χ2v) is 6.00. The summed E-state index contributed by atoms with van der Waals surface area (Å²) in [6.07, 6.45) is 8.74. The highest BCUT2D eigenvalue weighted by Gasteiger charge is 2.44. The molecule has 114 valence electrons. The van der Waals surface area contributed by atoms with Gasteiger partial charge in [-0.05, 0) is 18.9 Å². The average Bonchev–Trinajstić information content (AvgIpc) is 2.97. The molecule has 2 amide bonds. The molecule has 1 aromatic heterocycles. The van der Waals surface area contributed by atoms with Crippen molar-refractivity contribution in [3.8, 4) is 0 Å². The molecular weight excluding hydrogens is 268 g/mol. The highest BCUT2D eigenvalue weighted by Crippen LogP contribution is 2.31. The molecule has 6 heteroatoms. The van der Waals surface area contributed by atoms with E-state index in [1.807, 2.05) is 21.8 Å². The van der Waals surface area contributed by atoms with Gasteiger partial charge in [-0.2, -0.15) is 5.10 Å². The van der Waals surface area contributed by atoms with Gasteiger partial charge in [-0.3, -0.25) is 14.3 Å². The van der Waals surface area contributed by atoms with Gasteiger partial charge in [-0.1, -0.05) is 19.3 Å². The minimum Gasteiger partial charge on any atom is -0.342 e. The summed E-state index contributed by atoms with van der Waals surface area (Å²) in [5.41, 5.74) is -0.643. The maximum Gasteiger partial charge on any atom is 0.248 e. The fourth-order valence-electron chi connectivity index (χ4n) is 3.39. The number of rotatable bonds is 3. The van der Waals surface area contributed by atoms with Crippen LogP contribution in [-0.2, 0) is 16.1 Å². The number of hydrogen-bond donors (Lipinski definition) is 1. The van der Waals surface area contributed by atoms with Crippen molar-refractivity contribution in [1.82, 2.24) is 20.0 Å². The van der Waals surface area contributed by atoms with Crippen molar-refractivity contribution < 1.29 is 9.59 Å². The van der Waals surface area contributed by atoms with Crippen molar-refractivity contribution in [3.05, 3.63) is 18.5 Å². The summed E-state index contributed by atoms with van der Waals surface area (Å²) >= 11 is 0. The summed E-state index contributed by atoms with van der Waals surface area (Å²) in [6.45, 7) is 1.79. The number of amides is 2. The predicted octanol–water partition coefficient (Wildman–Crippen LogP) is 0.934. The van der Waals surface area contributed by atoms with Crippen LogP contribution in [0.25, 0.3) is 0 Å². The maximum atomic E-state index is 12.9. The summed E-state index contributed by atoms with van der Waals surface area (Å²) in [4.78, 5) is 26.7. The van der Waals surface area contributed by atoms with Crippen LogP contribution in [0, 0.1) is 0 Å².